The van der Waals surface area contributed by atoms with Gasteiger partial charge in [-0.2, -0.15) is 4.31 Å². The van der Waals surface area contributed by atoms with Gasteiger partial charge in [-0.3, -0.25) is 4.57 Å². The third kappa shape index (κ3) is 3.20. The fourth-order valence-electron chi connectivity index (χ4n) is 2.49. The molecule has 0 bridgehead atoms. The molecule has 9 heteroatoms. The van der Waals surface area contributed by atoms with Crippen LogP contribution in [0.15, 0.2) is 30.9 Å². The molecule has 2 aromatic heterocycles. The summed E-state index contributed by atoms with van der Waals surface area (Å²) in [4.78, 5) is 6.03. The van der Waals surface area contributed by atoms with Crippen molar-refractivity contribution in [3.8, 4) is 5.82 Å². The lowest BCUT2D eigenvalue weighted by Crippen LogP contribution is -2.50. The van der Waals surface area contributed by atoms with E-state index in [1.165, 1.54) is 0 Å². The van der Waals surface area contributed by atoms with Crippen LogP contribution in [0.2, 0.25) is 0 Å². The molecular weight excluding hydrogens is 316 g/mol. The zero-order chi connectivity index (χ0) is 16.4. The maximum Gasteiger partial charge on any atom is 0.216 e. The first-order valence-corrected chi connectivity index (χ1v) is 9.05. The zero-order valence-corrected chi connectivity index (χ0v) is 14.0. The quantitative estimate of drug-likeness (QED) is 0.809. The molecule has 124 valence electrons. The van der Waals surface area contributed by atoms with Crippen molar-refractivity contribution < 1.29 is 8.42 Å². The van der Waals surface area contributed by atoms with Crippen molar-refractivity contribution in [3.63, 3.8) is 0 Å². The molecule has 1 aliphatic heterocycles. The van der Waals surface area contributed by atoms with Gasteiger partial charge in [-0.15, -0.1) is 10.2 Å². The smallest absolute Gasteiger partial charge is 0.216 e. The number of sulfonamides is 1. The van der Waals surface area contributed by atoms with Gasteiger partial charge in [-0.1, -0.05) is 0 Å². The van der Waals surface area contributed by atoms with Crippen LogP contribution in [0.5, 0.6) is 0 Å². The summed E-state index contributed by atoms with van der Waals surface area (Å²) in [7, 11) is -3.18. The Morgan fingerprint density at radius 3 is 2.22 bits per heavy atom. The Kier molecular flexibility index (Phi) is 4.31. The average Bonchev–Trinajstić information content (AvgIpc) is 3.09. The van der Waals surface area contributed by atoms with Gasteiger partial charge in [0.1, 0.15) is 6.33 Å². The Labute approximate surface area is 135 Å². The number of hydrogen-bond donors (Lipinski definition) is 0. The van der Waals surface area contributed by atoms with Crippen molar-refractivity contribution in [1.29, 1.82) is 0 Å². The predicted molar refractivity (Wildman–Crippen MR) is 87.0 cm³/mol. The van der Waals surface area contributed by atoms with Gasteiger partial charge in [0.25, 0.3) is 0 Å². The SMILES string of the molecule is CC(C)S(=O)(=O)N1CCN(c2ccc(-n3ccnc3)nn2)CC1. The Balaban J connectivity index is 1.66. The van der Waals surface area contributed by atoms with Crippen molar-refractivity contribution in [2.75, 3.05) is 31.1 Å². The van der Waals surface area contributed by atoms with Crippen LogP contribution in [-0.4, -0.2) is 63.9 Å². The maximum atomic E-state index is 12.2. The van der Waals surface area contributed by atoms with Crippen LogP contribution < -0.4 is 4.90 Å². The van der Waals surface area contributed by atoms with Crippen molar-refractivity contribution >= 4 is 15.8 Å². The van der Waals surface area contributed by atoms with Gasteiger partial charge in [-0.25, -0.2) is 13.4 Å². The molecule has 0 amide bonds. The van der Waals surface area contributed by atoms with Gasteiger partial charge in [0.05, 0.1) is 5.25 Å². The van der Waals surface area contributed by atoms with Crippen LogP contribution in [0.1, 0.15) is 13.8 Å². The molecule has 8 nitrogen and oxygen atoms in total. The van der Waals surface area contributed by atoms with Crippen LogP contribution in [0.4, 0.5) is 5.82 Å². The lowest BCUT2D eigenvalue weighted by molar-refractivity contribution is 0.379. The van der Waals surface area contributed by atoms with E-state index in [1.54, 1.807) is 41.4 Å². The van der Waals surface area contributed by atoms with E-state index in [4.69, 9.17) is 0 Å². The number of piperazine rings is 1. The van der Waals surface area contributed by atoms with Crippen molar-refractivity contribution in [2.24, 2.45) is 0 Å². The second kappa shape index (κ2) is 6.25. The van der Waals surface area contributed by atoms with E-state index in [2.05, 4.69) is 20.1 Å². The largest absolute Gasteiger partial charge is 0.352 e. The first kappa shape index (κ1) is 15.9. The third-order valence-corrected chi connectivity index (χ3v) is 6.20. The number of imidazole rings is 1. The lowest BCUT2D eigenvalue weighted by Gasteiger charge is -2.35. The van der Waals surface area contributed by atoms with E-state index < -0.39 is 10.0 Å². The predicted octanol–water partition coefficient (Wildman–Crippen LogP) is 0.522. The molecule has 0 saturated carbocycles. The molecule has 23 heavy (non-hydrogen) atoms. The molecule has 0 atom stereocenters. The molecule has 1 fully saturated rings. The van der Waals surface area contributed by atoms with Gasteiger partial charge in [0, 0.05) is 38.6 Å². The fraction of sp³-hybridized carbons (Fsp3) is 0.500. The monoisotopic (exact) mass is 336 g/mol. The molecule has 0 N–H and O–H groups in total. The van der Waals surface area contributed by atoms with Crippen molar-refractivity contribution in [1.82, 2.24) is 24.1 Å². The summed E-state index contributed by atoms with van der Waals surface area (Å²) in [5.41, 5.74) is 0. The molecule has 3 heterocycles. The van der Waals surface area contributed by atoms with Gasteiger partial charge < -0.3 is 4.90 Å². The summed E-state index contributed by atoms with van der Waals surface area (Å²) in [6.45, 7) is 5.61. The molecule has 0 radical (unpaired) electrons. The minimum atomic E-state index is -3.18. The second-order valence-electron chi connectivity index (χ2n) is 5.70. The summed E-state index contributed by atoms with van der Waals surface area (Å²) < 4.78 is 27.7. The highest BCUT2D eigenvalue weighted by molar-refractivity contribution is 7.89. The van der Waals surface area contributed by atoms with Crippen molar-refractivity contribution in [3.05, 3.63) is 30.9 Å². The van der Waals surface area contributed by atoms with E-state index in [-0.39, 0.29) is 5.25 Å². The summed E-state index contributed by atoms with van der Waals surface area (Å²) in [5, 5.41) is 8.05. The van der Waals surface area contributed by atoms with Crippen LogP contribution in [0.3, 0.4) is 0 Å². The minimum Gasteiger partial charge on any atom is -0.352 e. The Bertz CT molecular complexity index is 734. The molecule has 0 unspecified atom stereocenters. The summed E-state index contributed by atoms with van der Waals surface area (Å²) >= 11 is 0. The molecule has 3 rings (SSSR count). The Hall–Kier alpha value is -2.00. The summed E-state index contributed by atoms with van der Waals surface area (Å²) in [6, 6.07) is 3.77. The number of aromatic nitrogens is 4. The highest BCUT2D eigenvalue weighted by Crippen LogP contribution is 2.17. The van der Waals surface area contributed by atoms with Gasteiger partial charge >= 0.3 is 0 Å². The number of anilines is 1. The molecule has 1 saturated heterocycles. The van der Waals surface area contributed by atoms with Gasteiger partial charge in [0.2, 0.25) is 10.0 Å². The fourth-order valence-corrected chi connectivity index (χ4v) is 3.76. The van der Waals surface area contributed by atoms with Gasteiger partial charge in [0.15, 0.2) is 11.6 Å². The first-order chi connectivity index (χ1) is 11.0. The highest BCUT2D eigenvalue weighted by Gasteiger charge is 2.29. The van der Waals surface area contributed by atoms with Crippen LogP contribution >= 0.6 is 0 Å². The first-order valence-electron chi connectivity index (χ1n) is 7.54. The highest BCUT2D eigenvalue weighted by atomic mass is 32.2. The molecule has 2 aromatic rings. The average molecular weight is 336 g/mol. The lowest BCUT2D eigenvalue weighted by atomic mass is 10.3. The van der Waals surface area contributed by atoms with E-state index in [0.29, 0.717) is 32.0 Å². The third-order valence-electron chi connectivity index (χ3n) is 3.92. The van der Waals surface area contributed by atoms with E-state index >= 15 is 0 Å². The minimum absolute atomic E-state index is 0.386. The molecule has 0 spiro atoms. The topological polar surface area (TPSA) is 84.2 Å². The van der Waals surface area contributed by atoms with Crippen LogP contribution in [-0.2, 0) is 10.0 Å². The summed E-state index contributed by atoms with van der Waals surface area (Å²) in [5.74, 6) is 1.46. The van der Waals surface area contributed by atoms with Gasteiger partial charge in [-0.05, 0) is 26.0 Å². The summed E-state index contributed by atoms with van der Waals surface area (Å²) in [6.07, 6.45) is 5.16. The van der Waals surface area contributed by atoms with E-state index in [0.717, 1.165) is 5.82 Å². The van der Waals surface area contributed by atoms with Crippen LogP contribution in [0.25, 0.3) is 5.82 Å². The number of nitrogens with zero attached hydrogens (tertiary/aromatic N) is 6. The second-order valence-corrected chi connectivity index (χ2v) is 8.19. The van der Waals surface area contributed by atoms with E-state index in [9.17, 15) is 8.42 Å². The normalized spacial score (nSPS) is 16.9. The standard InChI is InChI=1S/C14H20N6O2S/c1-12(2)23(21,22)20-9-7-18(8-10-20)13-3-4-14(17-16-13)19-6-5-15-11-19/h3-6,11-12H,7-10H2,1-2H3. The maximum absolute atomic E-state index is 12.2. The Morgan fingerprint density at radius 1 is 1.04 bits per heavy atom. The Morgan fingerprint density at radius 2 is 1.70 bits per heavy atom. The molecule has 0 aliphatic carbocycles. The zero-order valence-electron chi connectivity index (χ0n) is 13.2. The molecule has 1 aliphatic rings. The number of hydrogen-bond acceptors (Lipinski definition) is 6. The molecular formula is C14H20N6O2S. The van der Waals surface area contributed by atoms with E-state index in [1.807, 2.05) is 12.1 Å². The van der Waals surface area contributed by atoms with Crippen molar-refractivity contribution in [2.45, 2.75) is 19.1 Å². The van der Waals surface area contributed by atoms with Crippen LogP contribution in [0, 0.1) is 0 Å². The number of rotatable bonds is 4. The molecule has 0 aromatic carbocycles.